The van der Waals surface area contributed by atoms with Gasteiger partial charge in [0.05, 0.1) is 0 Å². The fraction of sp³-hybridized carbons (Fsp3) is 0.538. The van der Waals surface area contributed by atoms with Crippen molar-refractivity contribution in [2.75, 3.05) is 5.75 Å². The lowest BCUT2D eigenvalue weighted by Gasteiger charge is -2.19. The fourth-order valence-corrected chi connectivity index (χ4v) is 2.06. The molecule has 0 saturated heterocycles. The molecule has 0 fully saturated rings. The summed E-state index contributed by atoms with van der Waals surface area (Å²) in [5.74, 6) is 0.981. The van der Waals surface area contributed by atoms with Crippen molar-refractivity contribution in [1.82, 2.24) is 0 Å². The molecule has 0 radical (unpaired) electrons. The van der Waals surface area contributed by atoms with Crippen molar-refractivity contribution in [3.05, 3.63) is 29.8 Å². The molecule has 84 valence electrons. The van der Waals surface area contributed by atoms with E-state index < -0.39 is 0 Å². The van der Waals surface area contributed by atoms with E-state index in [1.54, 1.807) is 0 Å². The van der Waals surface area contributed by atoms with Crippen LogP contribution in [-0.2, 0) is 5.41 Å². The third-order valence-electron chi connectivity index (χ3n) is 2.23. The minimum Gasteiger partial charge on any atom is -0.327 e. The van der Waals surface area contributed by atoms with E-state index in [4.69, 9.17) is 5.73 Å². The molecule has 0 aliphatic rings. The molecule has 1 aromatic carbocycles. The van der Waals surface area contributed by atoms with Crippen LogP contribution in [0.25, 0.3) is 0 Å². The number of hydrogen-bond acceptors (Lipinski definition) is 2. The first-order chi connectivity index (χ1) is 6.89. The van der Waals surface area contributed by atoms with Crippen LogP contribution < -0.4 is 5.73 Å². The average Bonchev–Trinajstić information content (AvgIpc) is 2.14. The molecular weight excluding hydrogens is 202 g/mol. The molecule has 0 amide bonds. The molecule has 0 aromatic heterocycles. The van der Waals surface area contributed by atoms with Crippen molar-refractivity contribution in [1.29, 1.82) is 0 Å². The van der Waals surface area contributed by atoms with Crippen molar-refractivity contribution < 1.29 is 0 Å². The van der Waals surface area contributed by atoms with Crippen LogP contribution in [-0.4, -0.2) is 11.8 Å². The molecule has 0 spiro atoms. The van der Waals surface area contributed by atoms with Gasteiger partial charge in [-0.1, -0.05) is 32.9 Å². The van der Waals surface area contributed by atoms with Gasteiger partial charge in [-0.05, 0) is 30.0 Å². The van der Waals surface area contributed by atoms with E-state index in [0.717, 1.165) is 5.75 Å². The van der Waals surface area contributed by atoms with Crippen molar-refractivity contribution in [3.63, 3.8) is 0 Å². The normalized spacial score (nSPS) is 13.9. The van der Waals surface area contributed by atoms with Gasteiger partial charge in [0.2, 0.25) is 0 Å². The average molecular weight is 223 g/mol. The molecule has 0 aliphatic carbocycles. The lowest BCUT2D eigenvalue weighted by Crippen LogP contribution is -2.17. The molecule has 1 unspecified atom stereocenters. The number of nitrogens with two attached hydrogens (primary N) is 1. The zero-order valence-electron chi connectivity index (χ0n) is 10.1. The fourth-order valence-electron chi connectivity index (χ4n) is 1.28. The summed E-state index contributed by atoms with van der Waals surface area (Å²) < 4.78 is 0. The van der Waals surface area contributed by atoms with Gasteiger partial charge in [-0.2, -0.15) is 0 Å². The third-order valence-corrected chi connectivity index (χ3v) is 3.53. The van der Waals surface area contributed by atoms with Crippen LogP contribution in [0.5, 0.6) is 0 Å². The van der Waals surface area contributed by atoms with E-state index in [2.05, 4.69) is 45.0 Å². The van der Waals surface area contributed by atoms with Crippen molar-refractivity contribution >= 4 is 11.8 Å². The summed E-state index contributed by atoms with van der Waals surface area (Å²) in [6, 6.07) is 9.06. The molecule has 1 atom stereocenters. The van der Waals surface area contributed by atoms with Gasteiger partial charge >= 0.3 is 0 Å². The molecule has 2 N–H and O–H groups in total. The van der Waals surface area contributed by atoms with E-state index >= 15 is 0 Å². The molecule has 15 heavy (non-hydrogen) atoms. The maximum absolute atomic E-state index is 5.72. The minimum absolute atomic E-state index is 0.240. The molecule has 0 bridgehead atoms. The van der Waals surface area contributed by atoms with Crippen molar-refractivity contribution in [2.24, 2.45) is 5.73 Å². The number of thioether (sulfide) groups is 1. The summed E-state index contributed by atoms with van der Waals surface area (Å²) in [5, 5.41) is 0. The third kappa shape index (κ3) is 4.27. The summed E-state index contributed by atoms with van der Waals surface area (Å²) in [5.41, 5.74) is 7.34. The highest BCUT2D eigenvalue weighted by Crippen LogP contribution is 2.25. The highest BCUT2D eigenvalue weighted by atomic mass is 32.2. The van der Waals surface area contributed by atoms with Crippen molar-refractivity contribution in [2.45, 2.75) is 44.0 Å². The first kappa shape index (κ1) is 12.6. The minimum atomic E-state index is 0.240. The summed E-state index contributed by atoms with van der Waals surface area (Å²) in [6.45, 7) is 8.74. The van der Waals surface area contributed by atoms with E-state index in [9.17, 15) is 0 Å². The maximum atomic E-state index is 5.72. The van der Waals surface area contributed by atoms with Crippen LogP contribution in [0.15, 0.2) is 29.2 Å². The Balaban J connectivity index is 2.65. The maximum Gasteiger partial charge on any atom is 0.0129 e. The lowest BCUT2D eigenvalue weighted by molar-refractivity contribution is 0.590. The molecule has 0 heterocycles. The quantitative estimate of drug-likeness (QED) is 0.795. The van der Waals surface area contributed by atoms with Crippen LogP contribution in [0.1, 0.15) is 33.3 Å². The molecule has 1 aromatic rings. The predicted octanol–water partition coefficient (Wildman–Crippen LogP) is 3.42. The van der Waals surface area contributed by atoms with Crippen LogP contribution in [0, 0.1) is 0 Å². The Bertz CT molecular complexity index is 295. The van der Waals surface area contributed by atoms with Gasteiger partial charge in [-0.3, -0.25) is 0 Å². The Kier molecular flexibility index (Phi) is 4.23. The predicted molar refractivity (Wildman–Crippen MR) is 69.5 cm³/mol. The standard InChI is InChI=1S/C13H21NS/c1-10(14)9-15-12-7-5-11(6-8-12)13(2,3)4/h5-8,10H,9,14H2,1-4H3. The lowest BCUT2D eigenvalue weighted by atomic mass is 9.87. The van der Waals surface area contributed by atoms with Gasteiger partial charge in [0.25, 0.3) is 0 Å². The molecule has 2 heteroatoms. The first-order valence-electron chi connectivity index (χ1n) is 5.38. The Morgan fingerprint density at radius 2 is 1.73 bits per heavy atom. The highest BCUT2D eigenvalue weighted by Gasteiger charge is 2.12. The summed E-state index contributed by atoms with van der Waals surface area (Å²) in [7, 11) is 0. The van der Waals surface area contributed by atoms with Crippen LogP contribution in [0.4, 0.5) is 0 Å². The number of rotatable bonds is 3. The summed E-state index contributed by atoms with van der Waals surface area (Å²) in [6.07, 6.45) is 0. The SMILES string of the molecule is CC(N)CSc1ccc(C(C)(C)C)cc1. The Morgan fingerprint density at radius 3 is 2.13 bits per heavy atom. The van der Waals surface area contributed by atoms with E-state index in [-0.39, 0.29) is 11.5 Å². The van der Waals surface area contributed by atoms with Crippen LogP contribution in [0.2, 0.25) is 0 Å². The monoisotopic (exact) mass is 223 g/mol. The second-order valence-corrected chi connectivity index (χ2v) is 6.16. The molecule has 1 nitrogen and oxygen atoms in total. The van der Waals surface area contributed by atoms with E-state index in [0.29, 0.717) is 0 Å². The number of hydrogen-bond donors (Lipinski definition) is 1. The van der Waals surface area contributed by atoms with Gasteiger partial charge in [-0.25, -0.2) is 0 Å². The molecular formula is C13H21NS. The Morgan fingerprint density at radius 1 is 1.20 bits per heavy atom. The largest absolute Gasteiger partial charge is 0.327 e. The highest BCUT2D eigenvalue weighted by molar-refractivity contribution is 7.99. The van der Waals surface area contributed by atoms with Gasteiger partial charge in [0, 0.05) is 16.7 Å². The second-order valence-electron chi connectivity index (χ2n) is 5.06. The Labute approximate surface area is 97.4 Å². The van der Waals surface area contributed by atoms with Gasteiger partial charge < -0.3 is 5.73 Å². The summed E-state index contributed by atoms with van der Waals surface area (Å²) in [4.78, 5) is 1.31. The molecule has 1 rings (SSSR count). The van der Waals surface area contributed by atoms with Gasteiger partial charge in [0.15, 0.2) is 0 Å². The molecule has 0 aliphatic heterocycles. The zero-order valence-corrected chi connectivity index (χ0v) is 10.9. The van der Waals surface area contributed by atoms with E-state index in [1.807, 2.05) is 18.7 Å². The smallest absolute Gasteiger partial charge is 0.0129 e. The number of benzene rings is 1. The van der Waals surface area contributed by atoms with E-state index in [1.165, 1.54) is 10.5 Å². The molecule has 0 saturated carbocycles. The van der Waals surface area contributed by atoms with Gasteiger partial charge in [0.1, 0.15) is 0 Å². The summed E-state index contributed by atoms with van der Waals surface area (Å²) >= 11 is 1.82. The van der Waals surface area contributed by atoms with Crippen LogP contribution >= 0.6 is 11.8 Å². The Hall–Kier alpha value is -0.470. The van der Waals surface area contributed by atoms with Crippen LogP contribution in [0.3, 0.4) is 0 Å². The topological polar surface area (TPSA) is 26.0 Å². The van der Waals surface area contributed by atoms with Gasteiger partial charge in [-0.15, -0.1) is 11.8 Å². The second kappa shape index (κ2) is 5.04. The first-order valence-corrected chi connectivity index (χ1v) is 6.37. The van der Waals surface area contributed by atoms with Crippen molar-refractivity contribution in [3.8, 4) is 0 Å². The zero-order chi connectivity index (χ0) is 11.5.